The van der Waals surface area contributed by atoms with Crippen molar-refractivity contribution in [3.8, 4) is 0 Å². The van der Waals surface area contributed by atoms with E-state index in [4.69, 9.17) is 0 Å². The first kappa shape index (κ1) is 14.7. The molecule has 0 fully saturated rings. The number of nitrogens with zero attached hydrogens (tertiary/aromatic N) is 4. The fraction of sp³-hybridized carbons (Fsp3) is 0.692. The third-order valence-electron chi connectivity index (χ3n) is 3.07. The van der Waals surface area contributed by atoms with Crippen molar-refractivity contribution < 1.29 is 0 Å². The fourth-order valence-electron chi connectivity index (χ4n) is 2.28. The molecular weight excluding hydrogens is 226 g/mol. The molecule has 0 saturated carbocycles. The monoisotopic (exact) mass is 251 g/mol. The van der Waals surface area contributed by atoms with Crippen LogP contribution in [-0.4, -0.2) is 55.1 Å². The van der Waals surface area contributed by atoms with E-state index in [0.29, 0.717) is 6.04 Å². The van der Waals surface area contributed by atoms with Crippen LogP contribution in [0, 0.1) is 6.92 Å². The van der Waals surface area contributed by atoms with Crippen LogP contribution in [0.4, 0.5) is 11.6 Å². The van der Waals surface area contributed by atoms with E-state index in [1.165, 1.54) is 0 Å². The number of hydrogen-bond donors (Lipinski definition) is 1. The Morgan fingerprint density at radius 3 is 2.50 bits per heavy atom. The zero-order valence-corrected chi connectivity index (χ0v) is 12.4. The largest absolute Gasteiger partial charge is 0.373 e. The zero-order valence-electron chi connectivity index (χ0n) is 12.4. The highest BCUT2D eigenvalue weighted by Gasteiger charge is 2.18. The number of anilines is 2. The fourth-order valence-corrected chi connectivity index (χ4v) is 2.28. The summed E-state index contributed by atoms with van der Waals surface area (Å²) in [6.07, 6.45) is 1.62. The summed E-state index contributed by atoms with van der Waals surface area (Å²) < 4.78 is 0. The molecule has 0 amide bonds. The highest BCUT2D eigenvalue weighted by atomic mass is 15.2. The maximum atomic E-state index is 4.44. The molecule has 1 aromatic rings. The Morgan fingerprint density at radius 1 is 1.33 bits per heavy atom. The average molecular weight is 251 g/mol. The third kappa shape index (κ3) is 3.32. The Morgan fingerprint density at radius 2 is 2.00 bits per heavy atom. The summed E-state index contributed by atoms with van der Waals surface area (Å²) in [4.78, 5) is 13.2. The first-order chi connectivity index (χ1) is 8.51. The van der Waals surface area contributed by atoms with E-state index in [0.717, 1.165) is 30.3 Å². The first-order valence-corrected chi connectivity index (χ1v) is 6.42. The van der Waals surface area contributed by atoms with E-state index in [1.54, 1.807) is 6.33 Å². The van der Waals surface area contributed by atoms with Crippen LogP contribution in [0.25, 0.3) is 0 Å². The van der Waals surface area contributed by atoms with Gasteiger partial charge in [-0.3, -0.25) is 0 Å². The van der Waals surface area contributed by atoms with E-state index in [9.17, 15) is 0 Å². The zero-order chi connectivity index (χ0) is 13.7. The van der Waals surface area contributed by atoms with Gasteiger partial charge in [-0.15, -0.1) is 0 Å². The third-order valence-corrected chi connectivity index (χ3v) is 3.07. The lowest BCUT2D eigenvalue weighted by Gasteiger charge is -2.32. The van der Waals surface area contributed by atoms with Crippen LogP contribution >= 0.6 is 0 Å². The van der Waals surface area contributed by atoms with Gasteiger partial charge in [0.05, 0.1) is 0 Å². The van der Waals surface area contributed by atoms with Gasteiger partial charge < -0.3 is 15.1 Å². The Bertz CT molecular complexity index is 378. The molecule has 0 aliphatic heterocycles. The molecule has 0 radical (unpaired) electrons. The molecule has 0 saturated heterocycles. The SMILES string of the molecule is CCN(c1ncnc(NC)c1C)C(C)CN(C)C. The summed E-state index contributed by atoms with van der Waals surface area (Å²) >= 11 is 0. The summed E-state index contributed by atoms with van der Waals surface area (Å²) in [6.45, 7) is 8.39. The molecule has 1 aromatic heterocycles. The van der Waals surface area contributed by atoms with Crippen molar-refractivity contribution in [2.45, 2.75) is 26.8 Å². The van der Waals surface area contributed by atoms with Gasteiger partial charge in [-0.05, 0) is 34.9 Å². The highest BCUT2D eigenvalue weighted by molar-refractivity contribution is 5.58. The van der Waals surface area contributed by atoms with Gasteiger partial charge >= 0.3 is 0 Å². The van der Waals surface area contributed by atoms with Crippen LogP contribution < -0.4 is 10.2 Å². The number of hydrogen-bond acceptors (Lipinski definition) is 5. The molecule has 5 heteroatoms. The van der Waals surface area contributed by atoms with Crippen molar-refractivity contribution in [1.29, 1.82) is 0 Å². The maximum Gasteiger partial charge on any atom is 0.137 e. The van der Waals surface area contributed by atoms with E-state index in [2.05, 4.69) is 60.0 Å². The molecule has 0 spiro atoms. The standard InChI is InChI=1S/C13H25N5/c1-7-18(10(2)8-17(5)6)13-11(3)12(14-4)15-9-16-13/h9-10H,7-8H2,1-6H3,(H,14,15,16). The molecule has 1 N–H and O–H groups in total. The Labute approximate surface area is 110 Å². The number of aromatic nitrogens is 2. The van der Waals surface area contributed by atoms with E-state index < -0.39 is 0 Å². The van der Waals surface area contributed by atoms with Crippen LogP contribution in [0.3, 0.4) is 0 Å². The summed E-state index contributed by atoms with van der Waals surface area (Å²) in [7, 11) is 6.07. The average Bonchev–Trinajstić information content (AvgIpc) is 2.31. The summed E-state index contributed by atoms with van der Waals surface area (Å²) in [6, 6.07) is 0.420. The summed E-state index contributed by atoms with van der Waals surface area (Å²) in [5, 5.41) is 3.11. The van der Waals surface area contributed by atoms with E-state index >= 15 is 0 Å². The van der Waals surface area contributed by atoms with Crippen molar-refractivity contribution in [2.75, 3.05) is 44.4 Å². The van der Waals surface area contributed by atoms with Crippen LogP contribution in [-0.2, 0) is 0 Å². The molecular formula is C13H25N5. The number of nitrogens with one attached hydrogen (secondary N) is 1. The molecule has 1 unspecified atom stereocenters. The topological polar surface area (TPSA) is 44.3 Å². The van der Waals surface area contributed by atoms with Gasteiger partial charge in [0.1, 0.15) is 18.0 Å². The Balaban J connectivity index is 3.01. The molecule has 0 aliphatic carbocycles. The maximum absolute atomic E-state index is 4.44. The second kappa shape index (κ2) is 6.54. The lowest BCUT2D eigenvalue weighted by atomic mass is 10.2. The van der Waals surface area contributed by atoms with Crippen molar-refractivity contribution in [1.82, 2.24) is 14.9 Å². The normalized spacial score (nSPS) is 12.6. The van der Waals surface area contributed by atoms with Gasteiger partial charge in [0.25, 0.3) is 0 Å². The molecule has 18 heavy (non-hydrogen) atoms. The summed E-state index contributed by atoms with van der Waals surface area (Å²) in [5.74, 6) is 1.92. The van der Waals surface area contributed by atoms with Crippen LogP contribution in [0.2, 0.25) is 0 Å². The molecule has 5 nitrogen and oxygen atoms in total. The smallest absolute Gasteiger partial charge is 0.137 e. The number of rotatable bonds is 6. The number of likely N-dealkylation sites (N-methyl/N-ethyl adjacent to an activating group) is 2. The molecule has 1 rings (SSSR count). The highest BCUT2D eigenvalue weighted by Crippen LogP contribution is 2.23. The molecule has 0 aliphatic rings. The predicted molar refractivity (Wildman–Crippen MR) is 77.4 cm³/mol. The second-order valence-corrected chi connectivity index (χ2v) is 4.82. The van der Waals surface area contributed by atoms with Crippen molar-refractivity contribution in [2.24, 2.45) is 0 Å². The van der Waals surface area contributed by atoms with E-state index in [1.807, 2.05) is 7.05 Å². The van der Waals surface area contributed by atoms with Crippen molar-refractivity contribution >= 4 is 11.6 Å². The van der Waals surface area contributed by atoms with Gasteiger partial charge in [0.2, 0.25) is 0 Å². The van der Waals surface area contributed by atoms with Gasteiger partial charge in [-0.1, -0.05) is 0 Å². The Kier molecular flexibility index (Phi) is 5.34. The molecule has 0 aromatic carbocycles. The first-order valence-electron chi connectivity index (χ1n) is 6.42. The summed E-state index contributed by atoms with van der Waals surface area (Å²) in [5.41, 5.74) is 1.10. The van der Waals surface area contributed by atoms with Crippen LogP contribution in [0.15, 0.2) is 6.33 Å². The molecule has 0 bridgehead atoms. The second-order valence-electron chi connectivity index (χ2n) is 4.82. The van der Waals surface area contributed by atoms with Crippen molar-refractivity contribution in [3.63, 3.8) is 0 Å². The minimum Gasteiger partial charge on any atom is -0.373 e. The van der Waals surface area contributed by atoms with Crippen LogP contribution in [0.5, 0.6) is 0 Å². The van der Waals surface area contributed by atoms with Crippen LogP contribution in [0.1, 0.15) is 19.4 Å². The van der Waals surface area contributed by atoms with Gasteiger partial charge in [-0.2, -0.15) is 0 Å². The lowest BCUT2D eigenvalue weighted by Crippen LogP contribution is -2.41. The Hall–Kier alpha value is -1.36. The predicted octanol–water partition coefficient (Wildman–Crippen LogP) is 1.60. The quantitative estimate of drug-likeness (QED) is 0.832. The van der Waals surface area contributed by atoms with Gasteiger partial charge in [0.15, 0.2) is 0 Å². The minimum absolute atomic E-state index is 0.420. The molecule has 1 heterocycles. The minimum atomic E-state index is 0.420. The molecule has 102 valence electrons. The van der Waals surface area contributed by atoms with E-state index in [-0.39, 0.29) is 0 Å². The van der Waals surface area contributed by atoms with Gasteiger partial charge in [0, 0.05) is 31.7 Å². The molecule has 1 atom stereocenters. The van der Waals surface area contributed by atoms with Crippen molar-refractivity contribution in [3.05, 3.63) is 11.9 Å². The van der Waals surface area contributed by atoms with Gasteiger partial charge in [-0.25, -0.2) is 9.97 Å². The lowest BCUT2D eigenvalue weighted by molar-refractivity contribution is 0.372.